The molecule has 2 N–H and O–H groups in total. The second-order valence-electron chi connectivity index (χ2n) is 5.12. The molecular formula is C22H14O2. The third-order valence-electron chi connectivity index (χ3n) is 3.35. The molecule has 2 heteroatoms. The van der Waals surface area contributed by atoms with Crippen molar-refractivity contribution in [2.45, 2.75) is 0 Å². The Morgan fingerprint density at radius 2 is 0.875 bits per heavy atom. The van der Waals surface area contributed by atoms with Crippen LogP contribution in [0.1, 0.15) is 22.3 Å². The van der Waals surface area contributed by atoms with Gasteiger partial charge < -0.3 is 10.2 Å². The Hall–Kier alpha value is -3.62. The van der Waals surface area contributed by atoms with Crippen LogP contribution in [0.15, 0.2) is 72.8 Å². The lowest BCUT2D eigenvalue weighted by atomic mass is 10.1. The molecule has 3 aromatic carbocycles. The number of rotatable bonds is 0. The summed E-state index contributed by atoms with van der Waals surface area (Å²) in [6.45, 7) is 0. The molecule has 114 valence electrons. The Morgan fingerprint density at radius 3 is 1.25 bits per heavy atom. The Balaban J connectivity index is 2.02. The van der Waals surface area contributed by atoms with Crippen molar-refractivity contribution in [3.63, 3.8) is 0 Å². The summed E-state index contributed by atoms with van der Waals surface area (Å²) in [6.07, 6.45) is 0. The van der Waals surface area contributed by atoms with E-state index in [1.54, 1.807) is 0 Å². The number of hydrogen-bond donors (Lipinski definition) is 2. The quantitative estimate of drug-likeness (QED) is 0.488. The Labute approximate surface area is 141 Å². The number of hydrogen-bond acceptors (Lipinski definition) is 2. The largest absolute Gasteiger partial charge is 0.504 e. The summed E-state index contributed by atoms with van der Waals surface area (Å²) in [5.41, 5.74) is 2.87. The van der Waals surface area contributed by atoms with Crippen LogP contribution in [0.2, 0.25) is 0 Å². The van der Waals surface area contributed by atoms with Crippen molar-refractivity contribution in [2.75, 3.05) is 0 Å². The number of phenols is 2. The first kappa shape index (κ1) is 15.3. The molecule has 0 unspecified atom stereocenters. The molecule has 0 aliphatic heterocycles. The van der Waals surface area contributed by atoms with Crippen LogP contribution in [-0.2, 0) is 0 Å². The first-order valence-corrected chi connectivity index (χ1v) is 7.42. The Morgan fingerprint density at radius 1 is 0.500 bits per heavy atom. The van der Waals surface area contributed by atoms with Crippen molar-refractivity contribution in [3.8, 4) is 35.2 Å². The minimum Gasteiger partial charge on any atom is -0.504 e. The van der Waals surface area contributed by atoms with Crippen LogP contribution in [0.4, 0.5) is 0 Å². The van der Waals surface area contributed by atoms with Gasteiger partial charge in [-0.25, -0.2) is 0 Å². The van der Waals surface area contributed by atoms with Gasteiger partial charge in [-0.05, 0) is 24.3 Å². The van der Waals surface area contributed by atoms with Gasteiger partial charge in [0, 0.05) is 34.4 Å². The van der Waals surface area contributed by atoms with E-state index in [4.69, 9.17) is 0 Å². The fourth-order valence-electron chi connectivity index (χ4n) is 2.11. The van der Waals surface area contributed by atoms with Gasteiger partial charge in [0.15, 0.2) is 11.5 Å². The topological polar surface area (TPSA) is 40.5 Å². The fraction of sp³-hybridized carbons (Fsp3) is 0. The predicted octanol–water partition coefficient (Wildman–Crippen LogP) is 3.90. The molecule has 0 amide bonds. The molecule has 0 aliphatic carbocycles. The van der Waals surface area contributed by atoms with E-state index in [0.29, 0.717) is 11.1 Å². The summed E-state index contributed by atoms with van der Waals surface area (Å²) >= 11 is 0. The molecule has 0 bridgehead atoms. The summed E-state index contributed by atoms with van der Waals surface area (Å²) in [4.78, 5) is 0. The molecule has 0 aromatic heterocycles. The summed E-state index contributed by atoms with van der Waals surface area (Å²) < 4.78 is 0. The van der Waals surface area contributed by atoms with Crippen molar-refractivity contribution in [3.05, 3.63) is 95.1 Å². The van der Waals surface area contributed by atoms with Gasteiger partial charge >= 0.3 is 0 Å². The minimum atomic E-state index is -0.211. The van der Waals surface area contributed by atoms with Crippen molar-refractivity contribution in [2.24, 2.45) is 0 Å². The van der Waals surface area contributed by atoms with Gasteiger partial charge in [-0.3, -0.25) is 0 Å². The average molecular weight is 310 g/mol. The number of phenolic OH excluding ortho intramolecular Hbond substituents is 2. The highest BCUT2D eigenvalue weighted by molar-refractivity contribution is 5.60. The summed E-state index contributed by atoms with van der Waals surface area (Å²) in [5.74, 6) is 11.7. The molecule has 0 spiro atoms. The van der Waals surface area contributed by atoms with E-state index in [1.165, 1.54) is 12.1 Å². The molecular weight excluding hydrogens is 296 g/mol. The van der Waals surface area contributed by atoms with Crippen LogP contribution in [0, 0.1) is 23.7 Å². The first-order valence-electron chi connectivity index (χ1n) is 7.42. The molecule has 24 heavy (non-hydrogen) atoms. The summed E-state index contributed by atoms with van der Waals surface area (Å²) in [5, 5.41) is 19.5. The van der Waals surface area contributed by atoms with Crippen LogP contribution in [0.5, 0.6) is 11.5 Å². The molecule has 0 fully saturated rings. The number of benzene rings is 3. The normalized spacial score (nSPS) is 9.33. The molecule has 3 aromatic rings. The second kappa shape index (κ2) is 7.09. The molecule has 0 heterocycles. The molecule has 3 rings (SSSR count). The van der Waals surface area contributed by atoms with Crippen LogP contribution in [-0.4, -0.2) is 10.2 Å². The third kappa shape index (κ3) is 3.77. The van der Waals surface area contributed by atoms with Crippen molar-refractivity contribution in [1.29, 1.82) is 0 Å². The van der Waals surface area contributed by atoms with Crippen LogP contribution < -0.4 is 0 Å². The van der Waals surface area contributed by atoms with E-state index in [-0.39, 0.29) is 11.5 Å². The third-order valence-corrected chi connectivity index (χ3v) is 3.35. The molecule has 0 atom stereocenters. The van der Waals surface area contributed by atoms with E-state index in [1.807, 2.05) is 60.7 Å². The van der Waals surface area contributed by atoms with Crippen molar-refractivity contribution in [1.82, 2.24) is 0 Å². The zero-order chi connectivity index (χ0) is 16.8. The lowest BCUT2D eigenvalue weighted by molar-refractivity contribution is 0.403. The molecule has 0 saturated carbocycles. The van der Waals surface area contributed by atoms with Gasteiger partial charge in [0.1, 0.15) is 0 Å². The summed E-state index contributed by atoms with van der Waals surface area (Å²) in [7, 11) is 0. The van der Waals surface area contributed by atoms with Crippen molar-refractivity contribution < 1.29 is 10.2 Å². The van der Waals surface area contributed by atoms with Crippen LogP contribution in [0.25, 0.3) is 0 Å². The average Bonchev–Trinajstić information content (AvgIpc) is 2.63. The lowest BCUT2D eigenvalue weighted by Gasteiger charge is -2.01. The second-order valence-corrected chi connectivity index (χ2v) is 5.12. The van der Waals surface area contributed by atoms with Gasteiger partial charge in [-0.15, -0.1) is 0 Å². The zero-order valence-electron chi connectivity index (χ0n) is 12.8. The minimum absolute atomic E-state index is 0.211. The maximum absolute atomic E-state index is 9.74. The monoisotopic (exact) mass is 310 g/mol. The van der Waals surface area contributed by atoms with Crippen molar-refractivity contribution >= 4 is 0 Å². The smallest absolute Gasteiger partial charge is 0.158 e. The predicted molar refractivity (Wildman–Crippen MR) is 94.6 cm³/mol. The van der Waals surface area contributed by atoms with Crippen LogP contribution in [0.3, 0.4) is 0 Å². The molecule has 0 aliphatic rings. The van der Waals surface area contributed by atoms with E-state index in [2.05, 4.69) is 23.7 Å². The van der Waals surface area contributed by atoms with Crippen LogP contribution >= 0.6 is 0 Å². The van der Waals surface area contributed by atoms with Gasteiger partial charge in [-0.1, -0.05) is 60.1 Å². The maximum atomic E-state index is 9.74. The van der Waals surface area contributed by atoms with Gasteiger partial charge in [0.25, 0.3) is 0 Å². The Kier molecular flexibility index (Phi) is 4.52. The van der Waals surface area contributed by atoms with Gasteiger partial charge in [0.05, 0.1) is 0 Å². The fourth-order valence-corrected chi connectivity index (χ4v) is 2.11. The summed E-state index contributed by atoms with van der Waals surface area (Å²) in [6, 6.07) is 22.0. The Bertz CT molecular complexity index is 884. The maximum Gasteiger partial charge on any atom is 0.158 e. The highest BCUT2D eigenvalue weighted by Gasteiger charge is 2.05. The molecule has 0 radical (unpaired) electrons. The van der Waals surface area contributed by atoms with E-state index in [0.717, 1.165) is 11.1 Å². The number of aromatic hydroxyl groups is 2. The molecule has 2 nitrogen and oxygen atoms in total. The zero-order valence-corrected chi connectivity index (χ0v) is 12.8. The highest BCUT2D eigenvalue weighted by Crippen LogP contribution is 2.27. The lowest BCUT2D eigenvalue weighted by Crippen LogP contribution is -1.85. The standard InChI is InChI=1S/C22H14O2/c23-21-15-19(13-11-17-7-3-1-4-8-17)20(16-22(21)24)14-12-18-9-5-2-6-10-18/h1-10,15-16,23-24H. The van der Waals surface area contributed by atoms with Gasteiger partial charge in [0.2, 0.25) is 0 Å². The molecule has 0 saturated heterocycles. The van der Waals surface area contributed by atoms with E-state index < -0.39 is 0 Å². The van der Waals surface area contributed by atoms with Gasteiger partial charge in [-0.2, -0.15) is 0 Å². The van der Waals surface area contributed by atoms with E-state index >= 15 is 0 Å². The highest BCUT2D eigenvalue weighted by atomic mass is 16.3. The SMILES string of the molecule is Oc1cc(C#Cc2ccccc2)c(C#Cc2ccccc2)cc1O. The van der Waals surface area contributed by atoms with E-state index in [9.17, 15) is 10.2 Å². The first-order chi connectivity index (χ1) is 11.7.